The summed E-state index contributed by atoms with van der Waals surface area (Å²) in [5, 5.41) is 2.89. The molecule has 7 heteroatoms. The summed E-state index contributed by atoms with van der Waals surface area (Å²) in [7, 11) is 0. The van der Waals surface area contributed by atoms with E-state index in [4.69, 9.17) is 33.2 Å². The Labute approximate surface area is 118 Å². The van der Waals surface area contributed by atoms with Crippen LogP contribution in [-0.2, 0) is 0 Å². The normalized spacial score (nSPS) is 17.7. The van der Waals surface area contributed by atoms with Crippen LogP contribution in [0.25, 0.3) is 0 Å². The summed E-state index contributed by atoms with van der Waals surface area (Å²) in [6, 6.07) is -1.90. The third-order valence-corrected chi connectivity index (χ3v) is 5.43. The van der Waals surface area contributed by atoms with E-state index in [1.165, 1.54) is 12.8 Å². The van der Waals surface area contributed by atoms with Crippen LogP contribution in [0, 0.1) is 0 Å². The van der Waals surface area contributed by atoms with Crippen molar-refractivity contribution in [2.75, 3.05) is 19.6 Å². The second kappa shape index (κ2) is 7.72. The van der Waals surface area contributed by atoms with Crippen LogP contribution in [-0.4, -0.2) is 36.6 Å². The fourth-order valence-electron chi connectivity index (χ4n) is 1.87. The fraction of sp³-hybridized carbons (Fsp3) is 0.900. The second-order valence-corrected chi connectivity index (χ2v) is 13.6. The molecular weight excluding hydrogens is 299 g/mol. The largest absolute Gasteiger partial charge is 0.341 e. The summed E-state index contributed by atoms with van der Waals surface area (Å²) in [6.45, 7) is 2.33. The van der Waals surface area contributed by atoms with Crippen molar-refractivity contribution in [3.8, 4) is 0 Å². The number of rotatable bonds is 4. The number of hydrogen-bond donors (Lipinski definition) is 1. The number of carbonyl (C=O) groups is 1. The van der Waals surface area contributed by atoms with Crippen LogP contribution < -0.4 is 5.32 Å². The molecule has 0 saturated carbocycles. The summed E-state index contributed by atoms with van der Waals surface area (Å²) in [6.07, 6.45) is 5.40. The maximum Gasteiger partial charge on any atom is 0.341 e. The van der Waals surface area contributed by atoms with Gasteiger partial charge in [0.1, 0.15) is 0 Å². The predicted molar refractivity (Wildman–Crippen MR) is 76.2 cm³/mol. The molecule has 1 heterocycles. The van der Waals surface area contributed by atoms with E-state index in [1.54, 1.807) is 0 Å². The maximum absolute atomic E-state index is 11.8. The predicted octanol–water partition coefficient (Wildman–Crippen LogP) is 3.62. The molecule has 17 heavy (non-hydrogen) atoms. The Bertz CT molecular complexity index is 240. The zero-order valence-corrected chi connectivity index (χ0v) is 13.1. The molecule has 0 atom stereocenters. The quantitative estimate of drug-likeness (QED) is 0.479. The van der Waals surface area contributed by atoms with Crippen LogP contribution in [0.1, 0.15) is 32.1 Å². The van der Waals surface area contributed by atoms with Gasteiger partial charge in [-0.25, -0.2) is 4.79 Å². The molecule has 0 aromatic heterocycles. The number of nitrogens with zero attached hydrogens (tertiary/aromatic N) is 1. The molecule has 0 radical (unpaired) electrons. The van der Waals surface area contributed by atoms with Gasteiger partial charge in [0, 0.05) is 19.6 Å². The van der Waals surface area contributed by atoms with Crippen molar-refractivity contribution in [3.05, 3.63) is 0 Å². The molecule has 1 N–H and O–H groups in total. The first-order chi connectivity index (χ1) is 7.99. The van der Waals surface area contributed by atoms with Gasteiger partial charge in [0.2, 0.25) is 0 Å². The highest BCUT2D eigenvalue weighted by molar-refractivity contribution is 7.64. The average molecular weight is 318 g/mol. The lowest BCUT2D eigenvalue weighted by Crippen LogP contribution is -2.41. The minimum absolute atomic E-state index is 0.0258. The van der Waals surface area contributed by atoms with E-state index < -0.39 is 6.00 Å². The van der Waals surface area contributed by atoms with Gasteiger partial charge in [0.05, 0.1) is 0 Å². The molecule has 1 fully saturated rings. The van der Waals surface area contributed by atoms with E-state index in [0.29, 0.717) is 12.6 Å². The van der Waals surface area contributed by atoms with Gasteiger partial charge in [-0.1, -0.05) is 12.8 Å². The number of urea groups is 1. The fourth-order valence-corrected chi connectivity index (χ4v) is 3.65. The zero-order valence-electron chi connectivity index (χ0n) is 9.85. The number of hydrogen-bond acceptors (Lipinski definition) is 1. The molecule has 1 rings (SSSR count). The molecule has 0 unspecified atom stereocenters. The first-order valence-electron chi connectivity index (χ1n) is 6.08. The van der Waals surface area contributed by atoms with Crippen molar-refractivity contribution in [3.63, 3.8) is 0 Å². The van der Waals surface area contributed by atoms with Crippen molar-refractivity contribution in [2.45, 2.75) is 38.1 Å². The minimum atomic E-state index is -2.53. The second-order valence-electron chi connectivity index (χ2n) is 4.35. The highest BCUT2D eigenvalue weighted by Crippen LogP contribution is 2.25. The Balaban J connectivity index is 2.15. The zero-order chi connectivity index (χ0) is 12.7. The monoisotopic (exact) mass is 316 g/mol. The summed E-state index contributed by atoms with van der Waals surface area (Å²) < 4.78 is 0. The van der Waals surface area contributed by atoms with Gasteiger partial charge in [0.15, 0.2) is 0 Å². The molecule has 100 valence electrons. The molecule has 1 saturated heterocycles. The van der Waals surface area contributed by atoms with Gasteiger partial charge in [-0.2, -0.15) is 0 Å². The van der Waals surface area contributed by atoms with Gasteiger partial charge in [0.25, 0.3) is 0 Å². The first kappa shape index (κ1) is 15.4. The van der Waals surface area contributed by atoms with Gasteiger partial charge in [-0.15, -0.1) is 33.2 Å². The van der Waals surface area contributed by atoms with Crippen LogP contribution in [0.4, 0.5) is 4.79 Å². The van der Waals surface area contributed by atoms with Crippen molar-refractivity contribution in [1.82, 2.24) is 10.2 Å². The summed E-state index contributed by atoms with van der Waals surface area (Å²) in [5.74, 6) is 0. The topological polar surface area (TPSA) is 32.3 Å². The SMILES string of the molecule is O=C(NCCC[Si](Cl)(Cl)Cl)N1CCCCCC1. The molecule has 2 amide bonds. The third kappa shape index (κ3) is 7.39. The average Bonchev–Trinajstić information content (AvgIpc) is 2.51. The van der Waals surface area contributed by atoms with E-state index in [9.17, 15) is 4.79 Å². The lowest BCUT2D eigenvalue weighted by atomic mass is 10.2. The molecule has 1 aliphatic heterocycles. The van der Waals surface area contributed by atoms with Crippen LogP contribution in [0.15, 0.2) is 0 Å². The number of carbonyl (C=O) groups excluding carboxylic acids is 1. The van der Waals surface area contributed by atoms with E-state index in [-0.39, 0.29) is 6.03 Å². The van der Waals surface area contributed by atoms with Crippen LogP contribution in [0.5, 0.6) is 0 Å². The Hall–Kier alpha value is 0.357. The Morgan fingerprint density at radius 2 is 1.71 bits per heavy atom. The number of likely N-dealkylation sites (tertiary alicyclic amines) is 1. The van der Waals surface area contributed by atoms with Gasteiger partial charge in [-0.05, 0) is 25.3 Å². The third-order valence-electron chi connectivity index (χ3n) is 2.81. The molecule has 0 aromatic rings. The molecule has 1 aliphatic rings. The van der Waals surface area contributed by atoms with Gasteiger partial charge in [-0.3, -0.25) is 0 Å². The Kier molecular flexibility index (Phi) is 7.00. The van der Waals surface area contributed by atoms with Crippen LogP contribution in [0.3, 0.4) is 0 Å². The Morgan fingerprint density at radius 1 is 1.12 bits per heavy atom. The van der Waals surface area contributed by atoms with Crippen molar-refractivity contribution < 1.29 is 4.79 Å². The smallest absolute Gasteiger partial charge is 0.338 e. The van der Waals surface area contributed by atoms with Crippen molar-refractivity contribution >= 4 is 45.3 Å². The van der Waals surface area contributed by atoms with Crippen LogP contribution >= 0.6 is 33.2 Å². The van der Waals surface area contributed by atoms with Crippen LogP contribution in [0.2, 0.25) is 6.04 Å². The molecule has 0 bridgehead atoms. The van der Waals surface area contributed by atoms with Gasteiger partial charge >= 0.3 is 12.0 Å². The molecule has 3 nitrogen and oxygen atoms in total. The summed E-state index contributed by atoms with van der Waals surface area (Å²) in [5.41, 5.74) is 0. The van der Waals surface area contributed by atoms with E-state index >= 15 is 0 Å². The molecule has 0 spiro atoms. The van der Waals surface area contributed by atoms with E-state index in [2.05, 4.69) is 5.32 Å². The van der Waals surface area contributed by atoms with Gasteiger partial charge < -0.3 is 10.2 Å². The Morgan fingerprint density at radius 3 is 2.24 bits per heavy atom. The summed E-state index contributed by atoms with van der Waals surface area (Å²) in [4.78, 5) is 13.7. The lowest BCUT2D eigenvalue weighted by Gasteiger charge is -2.20. The molecule has 0 aliphatic carbocycles. The standard InChI is InChI=1S/C10H19Cl3N2OSi/c11-17(12,13)9-5-6-14-10(16)15-7-3-1-2-4-8-15/h1-9H2,(H,14,16). The number of nitrogens with one attached hydrogen (secondary N) is 1. The molecule has 0 aromatic carbocycles. The number of amides is 2. The number of halogens is 3. The van der Waals surface area contributed by atoms with E-state index in [0.717, 1.165) is 32.4 Å². The minimum Gasteiger partial charge on any atom is -0.338 e. The molecular formula is C10H19Cl3N2OSi. The lowest BCUT2D eigenvalue weighted by molar-refractivity contribution is 0.200. The summed E-state index contributed by atoms with van der Waals surface area (Å²) >= 11 is 17.3. The van der Waals surface area contributed by atoms with E-state index in [1.807, 2.05) is 4.90 Å². The highest BCUT2D eigenvalue weighted by atomic mass is 35.8. The highest BCUT2D eigenvalue weighted by Gasteiger charge is 2.24. The maximum atomic E-state index is 11.8. The first-order valence-corrected chi connectivity index (χ1v) is 11.3. The van der Waals surface area contributed by atoms with Crippen molar-refractivity contribution in [1.29, 1.82) is 0 Å². The van der Waals surface area contributed by atoms with Crippen molar-refractivity contribution in [2.24, 2.45) is 0 Å².